The highest BCUT2D eigenvalue weighted by Crippen LogP contribution is 2.35. The van der Waals surface area contributed by atoms with Crippen molar-refractivity contribution in [2.45, 2.75) is 18.1 Å². The molecule has 1 N–H and O–H groups in total. The number of carbonyl (C=O) groups excluding carboxylic acids is 1. The first-order chi connectivity index (χ1) is 18.0. The van der Waals surface area contributed by atoms with Gasteiger partial charge in [-0.2, -0.15) is 0 Å². The van der Waals surface area contributed by atoms with Gasteiger partial charge in [-0.1, -0.05) is 30.0 Å². The van der Waals surface area contributed by atoms with Crippen LogP contribution in [0.4, 0.5) is 5.69 Å². The number of nitrogens with one attached hydrogen (secondary N) is 1. The third kappa shape index (κ3) is 4.28. The number of ether oxygens (including phenoxy) is 1. The molecule has 0 spiro atoms. The molecule has 0 atom stereocenters. The molecule has 1 aliphatic heterocycles. The van der Waals surface area contributed by atoms with Crippen LogP contribution in [0.15, 0.2) is 64.5 Å². The number of hydrogen-bond donors (Lipinski definition) is 1. The van der Waals surface area contributed by atoms with E-state index in [-0.39, 0.29) is 17.2 Å². The van der Waals surface area contributed by atoms with E-state index in [1.54, 1.807) is 47.3 Å². The van der Waals surface area contributed by atoms with Gasteiger partial charge in [0.15, 0.2) is 5.16 Å². The van der Waals surface area contributed by atoms with Crippen LogP contribution in [0.1, 0.15) is 10.4 Å². The Morgan fingerprint density at radius 2 is 1.92 bits per heavy atom. The van der Waals surface area contributed by atoms with Gasteiger partial charge >= 0.3 is 0 Å². The lowest BCUT2D eigenvalue weighted by Gasteiger charge is -2.21. The van der Waals surface area contributed by atoms with Crippen molar-refractivity contribution >= 4 is 50.7 Å². The Morgan fingerprint density at radius 3 is 2.68 bits per heavy atom. The van der Waals surface area contributed by atoms with Gasteiger partial charge in [-0.15, -0.1) is 21.5 Å². The highest BCUT2D eigenvalue weighted by atomic mass is 32.2. The standard InChI is InChI=1S/C26H24N6O3S2/c1-30-13-12-19-20(14-30)37-24-22(19)23(34)31(17-6-4-3-5-7-17)25-28-29-26(32(24)25)36-15-21(33)27-16-8-10-18(35-2)11-9-16/h3-11H,12-15H2,1-2H3,(H,27,33). The van der Waals surface area contributed by atoms with Gasteiger partial charge < -0.3 is 15.0 Å². The van der Waals surface area contributed by atoms with E-state index >= 15 is 0 Å². The second-order valence-electron chi connectivity index (χ2n) is 8.83. The molecule has 3 aromatic heterocycles. The minimum atomic E-state index is -0.161. The quantitative estimate of drug-likeness (QED) is 0.332. The number of benzene rings is 2. The molecule has 1 amide bonds. The summed E-state index contributed by atoms with van der Waals surface area (Å²) in [5, 5.41) is 13.0. The number of amides is 1. The van der Waals surface area contributed by atoms with Gasteiger partial charge in [-0.25, -0.2) is 8.97 Å². The van der Waals surface area contributed by atoms with Crippen LogP contribution in [-0.4, -0.2) is 56.4 Å². The van der Waals surface area contributed by atoms with E-state index in [4.69, 9.17) is 4.74 Å². The number of methoxy groups -OCH3 is 1. The van der Waals surface area contributed by atoms with Crippen LogP contribution in [-0.2, 0) is 17.8 Å². The molecule has 0 saturated carbocycles. The molecule has 0 fully saturated rings. The van der Waals surface area contributed by atoms with Gasteiger partial charge in [-0.3, -0.25) is 9.59 Å². The van der Waals surface area contributed by atoms with Crippen LogP contribution in [0.25, 0.3) is 21.7 Å². The number of fused-ring (bicyclic) bond motifs is 5. The van der Waals surface area contributed by atoms with E-state index in [2.05, 4.69) is 27.5 Å². The maximum atomic E-state index is 13.9. The molecular formula is C26H24N6O3S2. The maximum absolute atomic E-state index is 13.9. The third-order valence-electron chi connectivity index (χ3n) is 6.39. The second-order valence-corrected chi connectivity index (χ2v) is 10.9. The summed E-state index contributed by atoms with van der Waals surface area (Å²) in [5.74, 6) is 1.15. The fourth-order valence-electron chi connectivity index (χ4n) is 4.59. The Balaban J connectivity index is 1.41. The number of thioether (sulfide) groups is 1. The van der Waals surface area contributed by atoms with Crippen molar-refractivity contribution in [2.24, 2.45) is 0 Å². The summed E-state index contributed by atoms with van der Waals surface area (Å²) in [4.78, 5) is 30.9. The molecule has 188 valence electrons. The minimum absolute atomic E-state index is 0.0862. The smallest absolute Gasteiger partial charge is 0.268 e. The summed E-state index contributed by atoms with van der Waals surface area (Å²) in [5.41, 5.74) is 2.44. The minimum Gasteiger partial charge on any atom is -0.497 e. The molecule has 0 radical (unpaired) electrons. The van der Waals surface area contributed by atoms with Crippen LogP contribution in [0, 0.1) is 0 Å². The molecule has 0 bridgehead atoms. The highest BCUT2D eigenvalue weighted by Gasteiger charge is 2.27. The summed E-state index contributed by atoms with van der Waals surface area (Å²) in [6.45, 7) is 1.70. The Hall–Kier alpha value is -3.67. The van der Waals surface area contributed by atoms with E-state index in [0.29, 0.717) is 22.0 Å². The Labute approximate surface area is 220 Å². The lowest BCUT2D eigenvalue weighted by Crippen LogP contribution is -2.27. The Morgan fingerprint density at radius 1 is 1.14 bits per heavy atom. The van der Waals surface area contributed by atoms with Crippen LogP contribution >= 0.6 is 23.1 Å². The molecule has 5 aromatic rings. The van der Waals surface area contributed by atoms with Crippen molar-refractivity contribution in [3.63, 3.8) is 0 Å². The van der Waals surface area contributed by atoms with Crippen molar-refractivity contribution in [1.82, 2.24) is 24.1 Å². The van der Waals surface area contributed by atoms with Gasteiger partial charge in [0.05, 0.1) is 23.9 Å². The molecule has 37 heavy (non-hydrogen) atoms. The monoisotopic (exact) mass is 532 g/mol. The van der Waals surface area contributed by atoms with E-state index in [1.165, 1.54) is 16.6 Å². The number of anilines is 1. The van der Waals surface area contributed by atoms with Crippen molar-refractivity contribution in [3.8, 4) is 11.4 Å². The van der Waals surface area contributed by atoms with Crippen molar-refractivity contribution < 1.29 is 9.53 Å². The first-order valence-electron chi connectivity index (χ1n) is 11.8. The Kier molecular flexibility index (Phi) is 6.19. The average Bonchev–Trinajstić information content (AvgIpc) is 3.50. The van der Waals surface area contributed by atoms with Crippen LogP contribution in [0.5, 0.6) is 5.75 Å². The SMILES string of the molecule is COc1ccc(NC(=O)CSc2nnc3n(-c4ccccc4)c(=O)c4c5c(sc4n23)CN(C)CC5)cc1. The zero-order chi connectivity index (χ0) is 25.5. The predicted molar refractivity (Wildman–Crippen MR) is 146 cm³/mol. The molecule has 0 unspecified atom stereocenters. The maximum Gasteiger partial charge on any atom is 0.268 e. The number of rotatable bonds is 6. The fraction of sp³-hybridized carbons (Fsp3) is 0.231. The van der Waals surface area contributed by atoms with Gasteiger partial charge in [0.25, 0.3) is 5.56 Å². The van der Waals surface area contributed by atoms with E-state index in [1.807, 2.05) is 34.7 Å². The first-order valence-corrected chi connectivity index (χ1v) is 13.6. The summed E-state index contributed by atoms with van der Waals surface area (Å²) >= 11 is 2.91. The number of likely N-dealkylation sites (N-methyl/N-ethyl adjacent to an activating group) is 1. The number of para-hydroxylation sites is 1. The number of hydrogen-bond acceptors (Lipinski definition) is 8. The highest BCUT2D eigenvalue weighted by molar-refractivity contribution is 7.99. The molecule has 9 nitrogen and oxygen atoms in total. The first kappa shape index (κ1) is 23.7. The molecule has 2 aromatic carbocycles. The molecule has 0 aliphatic carbocycles. The zero-order valence-electron chi connectivity index (χ0n) is 20.3. The molecule has 6 rings (SSSR count). The second kappa shape index (κ2) is 9.66. The van der Waals surface area contributed by atoms with Gasteiger partial charge in [0.2, 0.25) is 11.7 Å². The normalized spacial score (nSPS) is 13.7. The van der Waals surface area contributed by atoms with Crippen LogP contribution in [0.3, 0.4) is 0 Å². The van der Waals surface area contributed by atoms with Crippen LogP contribution < -0.4 is 15.6 Å². The predicted octanol–water partition coefficient (Wildman–Crippen LogP) is 3.82. The summed E-state index contributed by atoms with van der Waals surface area (Å²) in [6, 6.07) is 16.7. The summed E-state index contributed by atoms with van der Waals surface area (Å²) in [7, 11) is 3.69. The van der Waals surface area contributed by atoms with Gasteiger partial charge in [0, 0.05) is 23.7 Å². The Bertz CT molecular complexity index is 1670. The summed E-state index contributed by atoms with van der Waals surface area (Å²) < 4.78 is 8.73. The topological polar surface area (TPSA) is 93.8 Å². The van der Waals surface area contributed by atoms with Gasteiger partial charge in [0.1, 0.15) is 10.6 Å². The molecular weight excluding hydrogens is 508 g/mol. The molecule has 11 heteroatoms. The molecule has 0 saturated heterocycles. The molecule has 4 heterocycles. The summed E-state index contributed by atoms with van der Waals surface area (Å²) in [6.07, 6.45) is 0.816. The number of carbonyl (C=O) groups is 1. The van der Waals surface area contributed by atoms with E-state index in [9.17, 15) is 9.59 Å². The number of aromatic nitrogens is 4. The lowest BCUT2D eigenvalue weighted by atomic mass is 10.1. The number of nitrogens with zero attached hydrogens (tertiary/aromatic N) is 5. The van der Waals surface area contributed by atoms with Crippen molar-refractivity contribution in [2.75, 3.05) is 31.8 Å². The molecule has 1 aliphatic rings. The van der Waals surface area contributed by atoms with Gasteiger partial charge in [-0.05, 0) is 55.4 Å². The van der Waals surface area contributed by atoms with Crippen LogP contribution in [0.2, 0.25) is 0 Å². The average molecular weight is 533 g/mol. The largest absolute Gasteiger partial charge is 0.497 e. The van der Waals surface area contributed by atoms with E-state index < -0.39 is 0 Å². The van der Waals surface area contributed by atoms with Crippen molar-refractivity contribution in [1.29, 1.82) is 0 Å². The van der Waals surface area contributed by atoms with Crippen molar-refractivity contribution in [3.05, 3.63) is 75.4 Å². The van der Waals surface area contributed by atoms with E-state index in [0.717, 1.165) is 41.3 Å². The number of thiophene rings is 1. The third-order valence-corrected chi connectivity index (χ3v) is 8.52. The zero-order valence-corrected chi connectivity index (χ0v) is 21.9. The fourth-order valence-corrected chi connectivity index (χ4v) is 6.80. The lowest BCUT2D eigenvalue weighted by molar-refractivity contribution is -0.113.